The molecule has 0 amide bonds. The van der Waals surface area contributed by atoms with E-state index in [4.69, 9.17) is 10.2 Å². The van der Waals surface area contributed by atoms with Gasteiger partial charge in [-0.05, 0) is 19.3 Å². The van der Waals surface area contributed by atoms with Gasteiger partial charge in [0.05, 0.1) is 6.10 Å². The maximum Gasteiger partial charge on any atom is 0.506 e. The summed E-state index contributed by atoms with van der Waals surface area (Å²) in [5.74, 6) is 0. The number of ether oxygens (including phenoxy) is 1. The Bertz CT molecular complexity index is 145. The third-order valence-electron chi connectivity index (χ3n) is 1.87. The topological polar surface area (TPSA) is 66.8 Å². The molecule has 0 aliphatic heterocycles. The van der Waals surface area contributed by atoms with Crippen molar-refractivity contribution in [3.05, 3.63) is 0 Å². The van der Waals surface area contributed by atoms with E-state index in [9.17, 15) is 4.79 Å². The number of hydrogen-bond donors (Lipinski definition) is 2. The summed E-state index contributed by atoms with van der Waals surface area (Å²) in [5, 5.41) is 17.4. The van der Waals surface area contributed by atoms with Gasteiger partial charge in [-0.15, -0.1) is 0 Å². The van der Waals surface area contributed by atoms with Crippen LogP contribution in [0.3, 0.4) is 0 Å². The van der Waals surface area contributed by atoms with E-state index in [-0.39, 0.29) is 12.2 Å². The summed E-state index contributed by atoms with van der Waals surface area (Å²) in [7, 11) is 0. The van der Waals surface area contributed by atoms with Gasteiger partial charge in [-0.25, -0.2) is 4.79 Å². The van der Waals surface area contributed by atoms with Gasteiger partial charge in [0, 0.05) is 6.42 Å². The number of rotatable bonds is 1. The van der Waals surface area contributed by atoms with Crippen LogP contribution in [0.1, 0.15) is 25.7 Å². The summed E-state index contributed by atoms with van der Waals surface area (Å²) in [6.07, 6.45) is 0.877. The van der Waals surface area contributed by atoms with Gasteiger partial charge in [0.2, 0.25) is 0 Å². The minimum absolute atomic E-state index is 0.295. The predicted octanol–water partition coefficient (Wildman–Crippen LogP) is 0.984. The second-order valence-corrected chi connectivity index (χ2v) is 2.83. The first kappa shape index (κ1) is 8.33. The number of carbonyl (C=O) groups is 1. The number of hydrogen-bond acceptors (Lipinski definition) is 3. The molecule has 1 rings (SSSR count). The summed E-state index contributed by atoms with van der Waals surface area (Å²) in [4.78, 5) is 10.1. The Labute approximate surface area is 64.8 Å². The van der Waals surface area contributed by atoms with Crippen molar-refractivity contribution in [1.82, 2.24) is 0 Å². The molecule has 64 valence electrons. The van der Waals surface area contributed by atoms with E-state index in [0.29, 0.717) is 6.42 Å². The van der Waals surface area contributed by atoms with Crippen LogP contribution in [-0.2, 0) is 4.74 Å². The first-order valence-electron chi connectivity index (χ1n) is 3.76. The zero-order chi connectivity index (χ0) is 8.27. The Hall–Kier alpha value is -0.770. The van der Waals surface area contributed by atoms with E-state index in [0.717, 1.165) is 19.3 Å². The van der Waals surface area contributed by atoms with Gasteiger partial charge in [-0.3, -0.25) is 0 Å². The Balaban J connectivity index is 2.28. The van der Waals surface area contributed by atoms with Crippen molar-refractivity contribution >= 4 is 6.16 Å². The smallest absolute Gasteiger partial charge is 0.450 e. The van der Waals surface area contributed by atoms with Crippen LogP contribution < -0.4 is 0 Å². The average Bonchev–Trinajstić information content (AvgIpc) is 1.85. The van der Waals surface area contributed by atoms with Crippen LogP contribution in [0.25, 0.3) is 0 Å². The monoisotopic (exact) mass is 160 g/mol. The lowest BCUT2D eigenvalue weighted by atomic mass is 9.95. The van der Waals surface area contributed by atoms with Crippen molar-refractivity contribution in [1.29, 1.82) is 0 Å². The quantitative estimate of drug-likeness (QED) is 0.561. The first-order valence-corrected chi connectivity index (χ1v) is 3.76. The standard InChI is InChI=1S/C7H12O4/c8-5-2-1-3-6(4-5)11-7(9)10/h5-6,8H,1-4H2,(H,9,10)/t5-,6+/m0/s1. The van der Waals surface area contributed by atoms with Crippen molar-refractivity contribution in [2.24, 2.45) is 0 Å². The van der Waals surface area contributed by atoms with Crippen molar-refractivity contribution in [2.45, 2.75) is 37.9 Å². The molecule has 4 nitrogen and oxygen atoms in total. The maximum absolute atomic E-state index is 10.1. The van der Waals surface area contributed by atoms with Gasteiger partial charge < -0.3 is 14.9 Å². The lowest BCUT2D eigenvalue weighted by molar-refractivity contribution is 0.000892. The predicted molar refractivity (Wildman–Crippen MR) is 37.4 cm³/mol. The highest BCUT2D eigenvalue weighted by Gasteiger charge is 2.22. The van der Waals surface area contributed by atoms with Gasteiger partial charge in [-0.1, -0.05) is 0 Å². The molecular formula is C7H12O4. The number of carboxylic acid groups (broad SMARTS) is 1. The fourth-order valence-corrected chi connectivity index (χ4v) is 1.37. The van der Waals surface area contributed by atoms with Gasteiger partial charge in [-0.2, -0.15) is 0 Å². The molecule has 0 aromatic carbocycles. The molecule has 4 heteroatoms. The lowest BCUT2D eigenvalue weighted by Gasteiger charge is -2.24. The summed E-state index contributed by atoms with van der Waals surface area (Å²) in [6.45, 7) is 0. The van der Waals surface area contributed by atoms with E-state index in [1.165, 1.54) is 0 Å². The van der Waals surface area contributed by atoms with E-state index in [1.54, 1.807) is 0 Å². The third-order valence-corrected chi connectivity index (χ3v) is 1.87. The minimum Gasteiger partial charge on any atom is -0.450 e. The van der Waals surface area contributed by atoms with Crippen molar-refractivity contribution in [3.63, 3.8) is 0 Å². The third kappa shape index (κ3) is 2.76. The molecule has 0 saturated heterocycles. The highest BCUT2D eigenvalue weighted by Crippen LogP contribution is 2.20. The lowest BCUT2D eigenvalue weighted by Crippen LogP contribution is -2.27. The van der Waals surface area contributed by atoms with Gasteiger partial charge in [0.15, 0.2) is 0 Å². The molecule has 0 aromatic heterocycles. The van der Waals surface area contributed by atoms with Crippen LogP contribution in [0, 0.1) is 0 Å². The van der Waals surface area contributed by atoms with E-state index in [1.807, 2.05) is 0 Å². The largest absolute Gasteiger partial charge is 0.506 e. The van der Waals surface area contributed by atoms with E-state index >= 15 is 0 Å². The van der Waals surface area contributed by atoms with Crippen LogP contribution in [0.5, 0.6) is 0 Å². The van der Waals surface area contributed by atoms with Crippen molar-refractivity contribution in [3.8, 4) is 0 Å². The molecule has 0 aromatic rings. The fourth-order valence-electron chi connectivity index (χ4n) is 1.37. The molecule has 1 saturated carbocycles. The van der Waals surface area contributed by atoms with Crippen LogP contribution in [0.4, 0.5) is 4.79 Å². The Kier molecular flexibility index (Phi) is 2.70. The molecule has 0 unspecified atom stereocenters. The van der Waals surface area contributed by atoms with E-state index < -0.39 is 6.16 Å². The normalized spacial score (nSPS) is 31.4. The van der Waals surface area contributed by atoms with Gasteiger partial charge in [0.25, 0.3) is 0 Å². The molecule has 1 fully saturated rings. The highest BCUT2D eigenvalue weighted by molar-refractivity contribution is 5.57. The molecular weight excluding hydrogens is 148 g/mol. The second-order valence-electron chi connectivity index (χ2n) is 2.83. The van der Waals surface area contributed by atoms with Crippen LogP contribution >= 0.6 is 0 Å². The van der Waals surface area contributed by atoms with E-state index in [2.05, 4.69) is 4.74 Å². The SMILES string of the molecule is O=C(O)O[C@@H]1CCC[C@H](O)C1. The number of aliphatic hydroxyl groups excluding tert-OH is 1. The Morgan fingerprint density at radius 1 is 1.45 bits per heavy atom. The Morgan fingerprint density at radius 3 is 2.73 bits per heavy atom. The van der Waals surface area contributed by atoms with Crippen LogP contribution in [-0.4, -0.2) is 28.6 Å². The molecule has 2 N–H and O–H groups in total. The summed E-state index contributed by atoms with van der Waals surface area (Å²) >= 11 is 0. The average molecular weight is 160 g/mol. The molecule has 2 atom stereocenters. The highest BCUT2D eigenvalue weighted by atomic mass is 16.7. The van der Waals surface area contributed by atoms with Crippen LogP contribution in [0.2, 0.25) is 0 Å². The zero-order valence-electron chi connectivity index (χ0n) is 6.19. The minimum atomic E-state index is -1.25. The number of aliphatic hydroxyl groups is 1. The molecule has 11 heavy (non-hydrogen) atoms. The van der Waals surface area contributed by atoms with Gasteiger partial charge in [0.1, 0.15) is 6.10 Å². The molecule has 0 spiro atoms. The molecule has 0 bridgehead atoms. The Morgan fingerprint density at radius 2 is 2.18 bits per heavy atom. The molecule has 1 aliphatic carbocycles. The zero-order valence-corrected chi connectivity index (χ0v) is 6.19. The first-order chi connectivity index (χ1) is 5.18. The summed E-state index contributed by atoms with van der Waals surface area (Å²) in [5.41, 5.74) is 0. The van der Waals surface area contributed by atoms with Crippen molar-refractivity contribution < 1.29 is 19.7 Å². The summed E-state index contributed by atoms with van der Waals surface area (Å²) < 4.78 is 4.52. The maximum atomic E-state index is 10.1. The summed E-state index contributed by atoms with van der Waals surface area (Å²) in [6, 6.07) is 0. The molecule has 0 heterocycles. The second kappa shape index (κ2) is 3.57. The van der Waals surface area contributed by atoms with Crippen LogP contribution in [0.15, 0.2) is 0 Å². The van der Waals surface area contributed by atoms with Gasteiger partial charge >= 0.3 is 6.16 Å². The fraction of sp³-hybridized carbons (Fsp3) is 0.857. The molecule has 1 aliphatic rings. The van der Waals surface area contributed by atoms with Crippen molar-refractivity contribution in [2.75, 3.05) is 0 Å². The molecule has 0 radical (unpaired) electrons.